The smallest absolute Gasteiger partial charge is 0.550 e. The molecule has 7 heteroatoms. The molecule has 0 rings (SSSR count). The third-order valence-corrected chi connectivity index (χ3v) is 6.64. The van der Waals surface area contributed by atoms with Gasteiger partial charge >= 0.3 is 29.6 Å². The summed E-state index contributed by atoms with van der Waals surface area (Å²) in [6, 6.07) is 0. The van der Waals surface area contributed by atoms with Crippen LogP contribution >= 0.6 is 0 Å². The molecule has 0 heterocycles. The van der Waals surface area contributed by atoms with E-state index in [4.69, 9.17) is 0 Å². The Morgan fingerprint density at radius 2 is 1.03 bits per heavy atom. The van der Waals surface area contributed by atoms with Crippen LogP contribution in [0.25, 0.3) is 0 Å². The Morgan fingerprint density at radius 1 is 0.690 bits per heavy atom. The maximum Gasteiger partial charge on any atom is 1.00 e. The van der Waals surface area contributed by atoms with Gasteiger partial charge in [0.1, 0.15) is 0 Å². The number of unbranched alkanes of at least 4 members (excludes halogenated alkanes) is 16. The summed E-state index contributed by atoms with van der Waals surface area (Å²) in [5.74, 6) is -1.15. The van der Waals surface area contributed by atoms with E-state index >= 15 is 0 Å². The summed E-state index contributed by atoms with van der Waals surface area (Å²) in [5, 5.41) is 10.3. The van der Waals surface area contributed by atoms with E-state index in [1.807, 2.05) is 0 Å². The zero-order valence-electron chi connectivity index (χ0n) is 19.2. The maximum atomic E-state index is 11.6. The largest absolute Gasteiger partial charge is 1.00 e. The zero-order chi connectivity index (χ0) is 20.9. The van der Waals surface area contributed by atoms with Gasteiger partial charge in [0.25, 0.3) is 0 Å². The fraction of sp³-hybridized carbons (Fsp3) is 0.955. The van der Waals surface area contributed by atoms with Crippen molar-refractivity contribution < 1.29 is 47.9 Å². The van der Waals surface area contributed by atoms with E-state index in [9.17, 15) is 18.3 Å². The molecule has 0 aliphatic rings. The molecule has 0 saturated heterocycles. The van der Waals surface area contributed by atoms with Crippen LogP contribution in [-0.4, -0.2) is 26.7 Å². The Labute approximate surface area is 202 Å². The van der Waals surface area contributed by atoms with E-state index in [1.54, 1.807) is 0 Å². The normalized spacial score (nSPS) is 11.3. The number of sulfonamides is 1. The molecule has 0 radical (unpaired) electrons. The van der Waals surface area contributed by atoms with Crippen LogP contribution < -0.4 is 39.4 Å². The monoisotopic (exact) mass is 441 g/mol. The summed E-state index contributed by atoms with van der Waals surface area (Å²) in [6.07, 6.45) is 21.3. The van der Waals surface area contributed by atoms with Gasteiger partial charge in [-0.3, -0.25) is 0 Å². The first kappa shape index (κ1) is 31.6. The van der Waals surface area contributed by atoms with Gasteiger partial charge in [-0.15, -0.1) is 0 Å². The number of rotatable bonds is 22. The number of nitrogens with one attached hydrogen (secondary N) is 1. The number of hydrogen-bond acceptors (Lipinski definition) is 4. The molecule has 0 aliphatic heterocycles. The summed E-state index contributed by atoms with van der Waals surface area (Å²) in [7, 11) is -3.34. The van der Waals surface area contributed by atoms with E-state index in [2.05, 4.69) is 11.6 Å². The standard InChI is InChI=1S/C22H45NO4S.Na/c1-2-3-4-5-6-7-8-9-10-11-12-13-14-15-16-17-18-21-28(26,27)23-20-19-22(24)25;/h23H,2-21H2,1H3,(H,24,25);/q;+1/p-1. The first-order chi connectivity index (χ1) is 13.5. The minimum Gasteiger partial charge on any atom is -0.550 e. The minimum atomic E-state index is -3.34. The Hall–Kier alpha value is 0.380. The number of aliphatic carboxylic acids is 1. The molecule has 0 bridgehead atoms. The molecule has 0 saturated carbocycles. The van der Waals surface area contributed by atoms with E-state index < -0.39 is 16.0 Å². The molecule has 0 amide bonds. The van der Waals surface area contributed by atoms with Crippen LogP contribution in [0.15, 0.2) is 0 Å². The number of carbonyl (C=O) groups excluding carboxylic acids is 1. The molecule has 0 fully saturated rings. The van der Waals surface area contributed by atoms with Crippen molar-refractivity contribution >= 4 is 16.0 Å². The summed E-state index contributed by atoms with van der Waals surface area (Å²) in [4.78, 5) is 10.3. The molecule has 0 spiro atoms. The number of hydrogen-bond donors (Lipinski definition) is 1. The summed E-state index contributed by atoms with van der Waals surface area (Å²) in [6.45, 7) is 2.18. The third-order valence-electron chi connectivity index (χ3n) is 5.17. The maximum absolute atomic E-state index is 11.6. The van der Waals surface area contributed by atoms with Crippen LogP contribution in [0.4, 0.5) is 0 Å². The van der Waals surface area contributed by atoms with Gasteiger partial charge < -0.3 is 9.90 Å². The molecule has 168 valence electrons. The van der Waals surface area contributed by atoms with Crippen LogP contribution in [0.1, 0.15) is 122 Å². The topological polar surface area (TPSA) is 86.3 Å². The van der Waals surface area contributed by atoms with Gasteiger partial charge in [0.05, 0.1) is 5.75 Å². The van der Waals surface area contributed by atoms with Crippen molar-refractivity contribution in [3.63, 3.8) is 0 Å². The first-order valence-corrected chi connectivity index (χ1v) is 13.3. The molecular weight excluding hydrogens is 397 g/mol. The van der Waals surface area contributed by atoms with Crippen LogP contribution in [0.5, 0.6) is 0 Å². The fourth-order valence-corrected chi connectivity index (χ4v) is 4.54. The van der Waals surface area contributed by atoms with Crippen LogP contribution in [-0.2, 0) is 14.8 Å². The molecule has 0 atom stereocenters. The van der Waals surface area contributed by atoms with Gasteiger partial charge in [-0.1, -0.05) is 110 Å². The summed E-state index contributed by atoms with van der Waals surface area (Å²) < 4.78 is 25.6. The molecule has 0 unspecified atom stereocenters. The average Bonchev–Trinajstić information content (AvgIpc) is 2.63. The van der Waals surface area contributed by atoms with E-state index in [0.717, 1.165) is 12.8 Å². The van der Waals surface area contributed by atoms with Crippen molar-refractivity contribution in [2.75, 3.05) is 12.3 Å². The summed E-state index contributed by atoms with van der Waals surface area (Å²) in [5.41, 5.74) is 0. The van der Waals surface area contributed by atoms with E-state index in [0.29, 0.717) is 6.42 Å². The molecule has 0 aromatic rings. The molecule has 29 heavy (non-hydrogen) atoms. The van der Waals surface area contributed by atoms with Crippen molar-refractivity contribution in [2.24, 2.45) is 0 Å². The average molecular weight is 442 g/mol. The molecular formula is C22H44NNaO4S. The van der Waals surface area contributed by atoms with E-state index in [1.165, 1.54) is 89.9 Å². The molecule has 1 N–H and O–H groups in total. The second-order valence-electron chi connectivity index (χ2n) is 7.99. The second kappa shape index (κ2) is 23.1. The molecule has 0 aromatic carbocycles. The Morgan fingerprint density at radius 3 is 1.38 bits per heavy atom. The van der Waals surface area contributed by atoms with Gasteiger partial charge in [0, 0.05) is 18.9 Å². The van der Waals surface area contributed by atoms with Gasteiger partial charge in [-0.05, 0) is 6.42 Å². The van der Waals surface area contributed by atoms with Crippen molar-refractivity contribution in [2.45, 2.75) is 122 Å². The first-order valence-electron chi connectivity index (χ1n) is 11.6. The van der Waals surface area contributed by atoms with Gasteiger partial charge in [-0.25, -0.2) is 13.1 Å². The number of carboxylic acid groups (broad SMARTS) is 1. The van der Waals surface area contributed by atoms with E-state index in [-0.39, 0.29) is 48.3 Å². The Bertz CT molecular complexity index is 458. The van der Waals surface area contributed by atoms with Crippen molar-refractivity contribution in [1.82, 2.24) is 4.72 Å². The fourth-order valence-electron chi connectivity index (χ4n) is 3.40. The van der Waals surface area contributed by atoms with Gasteiger partial charge in [0.15, 0.2) is 0 Å². The van der Waals surface area contributed by atoms with Gasteiger partial charge in [-0.2, -0.15) is 0 Å². The third kappa shape index (κ3) is 26.3. The van der Waals surface area contributed by atoms with Crippen molar-refractivity contribution in [3.8, 4) is 0 Å². The molecule has 5 nitrogen and oxygen atoms in total. The number of carboxylic acids is 1. The van der Waals surface area contributed by atoms with Crippen LogP contribution in [0.2, 0.25) is 0 Å². The van der Waals surface area contributed by atoms with Crippen LogP contribution in [0.3, 0.4) is 0 Å². The predicted molar refractivity (Wildman–Crippen MR) is 116 cm³/mol. The SMILES string of the molecule is CCCCCCCCCCCCCCCCCCCS(=O)(=O)NCCC(=O)[O-].[Na+]. The molecule has 0 aromatic heterocycles. The Balaban J connectivity index is 0. The minimum absolute atomic E-state index is 0. The zero-order valence-corrected chi connectivity index (χ0v) is 22.0. The number of carbonyl (C=O) groups is 1. The molecule has 0 aliphatic carbocycles. The van der Waals surface area contributed by atoms with Crippen molar-refractivity contribution in [1.29, 1.82) is 0 Å². The summed E-state index contributed by atoms with van der Waals surface area (Å²) >= 11 is 0. The van der Waals surface area contributed by atoms with Gasteiger partial charge in [0.2, 0.25) is 10.0 Å². The Kier molecular flexibility index (Phi) is 25.1. The predicted octanol–water partition coefficient (Wildman–Crippen LogP) is 1.70. The quantitative estimate of drug-likeness (QED) is 0.205. The second-order valence-corrected chi connectivity index (χ2v) is 9.92. The van der Waals surface area contributed by atoms with Crippen LogP contribution in [0, 0.1) is 0 Å². The van der Waals surface area contributed by atoms with Crippen molar-refractivity contribution in [3.05, 3.63) is 0 Å².